The van der Waals surface area contributed by atoms with Crippen molar-refractivity contribution in [1.29, 1.82) is 0 Å². The number of hydrogen-bond donors (Lipinski definition) is 0. The largest absolute Gasteiger partial charge is 0.352 e. The SMILES string of the molecule is Cc1nscc1C(=O)N1CCN(c2cncc3ncnn23)CC1. The Hall–Kier alpha value is -2.55. The highest BCUT2D eigenvalue weighted by Gasteiger charge is 2.25. The van der Waals surface area contributed by atoms with Crippen molar-refractivity contribution >= 4 is 28.9 Å². The molecule has 0 unspecified atom stereocenters. The molecule has 0 atom stereocenters. The van der Waals surface area contributed by atoms with E-state index in [-0.39, 0.29) is 5.91 Å². The van der Waals surface area contributed by atoms with Crippen molar-refractivity contribution in [2.45, 2.75) is 6.92 Å². The van der Waals surface area contributed by atoms with Crippen molar-refractivity contribution in [2.75, 3.05) is 31.1 Å². The number of carbonyl (C=O) groups is 1. The first-order valence-corrected chi connectivity index (χ1v) is 8.16. The lowest BCUT2D eigenvalue weighted by Crippen LogP contribution is -2.49. The summed E-state index contributed by atoms with van der Waals surface area (Å²) < 4.78 is 5.96. The number of nitrogens with zero attached hydrogens (tertiary/aromatic N) is 7. The third kappa shape index (κ3) is 2.42. The third-order valence-electron chi connectivity index (χ3n) is 4.04. The van der Waals surface area contributed by atoms with Crippen LogP contribution < -0.4 is 4.90 Å². The molecule has 23 heavy (non-hydrogen) atoms. The molecule has 0 spiro atoms. The number of fused-ring (bicyclic) bond motifs is 1. The van der Waals surface area contributed by atoms with Crippen LogP contribution >= 0.6 is 11.5 Å². The average Bonchev–Trinajstić information content (AvgIpc) is 3.22. The molecule has 9 heteroatoms. The highest BCUT2D eigenvalue weighted by Crippen LogP contribution is 2.18. The van der Waals surface area contributed by atoms with Crippen LogP contribution in [0.1, 0.15) is 16.1 Å². The molecule has 1 fully saturated rings. The Morgan fingerprint density at radius 2 is 2.04 bits per heavy atom. The number of aromatic nitrogens is 5. The van der Waals surface area contributed by atoms with Crippen molar-refractivity contribution in [3.8, 4) is 0 Å². The standard InChI is InChI=1S/C14H15N7OS/c1-10-11(8-23-18-10)14(22)20-4-2-19(3-5-20)13-7-15-6-12-16-9-17-21(12)13/h6-9H,2-5H2,1H3. The Balaban J connectivity index is 1.50. The topological polar surface area (TPSA) is 79.5 Å². The zero-order valence-electron chi connectivity index (χ0n) is 12.6. The molecular formula is C14H15N7OS. The third-order valence-corrected chi connectivity index (χ3v) is 4.76. The predicted octanol–water partition coefficient (Wildman–Crippen LogP) is 0.852. The van der Waals surface area contributed by atoms with E-state index >= 15 is 0 Å². The van der Waals surface area contributed by atoms with E-state index in [1.165, 1.54) is 17.9 Å². The molecule has 118 valence electrons. The highest BCUT2D eigenvalue weighted by atomic mass is 32.1. The van der Waals surface area contributed by atoms with E-state index in [2.05, 4.69) is 24.3 Å². The summed E-state index contributed by atoms with van der Waals surface area (Å²) in [5, 5.41) is 6.06. The van der Waals surface area contributed by atoms with E-state index in [9.17, 15) is 4.79 Å². The maximum Gasteiger partial charge on any atom is 0.256 e. The molecular weight excluding hydrogens is 314 g/mol. The number of rotatable bonds is 2. The molecule has 8 nitrogen and oxygen atoms in total. The summed E-state index contributed by atoms with van der Waals surface area (Å²) >= 11 is 1.32. The molecule has 1 amide bonds. The number of carbonyl (C=O) groups excluding carboxylic acids is 1. The number of hydrogen-bond acceptors (Lipinski definition) is 7. The summed E-state index contributed by atoms with van der Waals surface area (Å²) in [4.78, 5) is 25.0. The van der Waals surface area contributed by atoms with E-state index < -0.39 is 0 Å². The lowest BCUT2D eigenvalue weighted by molar-refractivity contribution is 0.0746. The smallest absolute Gasteiger partial charge is 0.256 e. The van der Waals surface area contributed by atoms with Crippen LogP contribution in [-0.4, -0.2) is 60.9 Å². The highest BCUT2D eigenvalue weighted by molar-refractivity contribution is 7.03. The lowest BCUT2D eigenvalue weighted by Gasteiger charge is -2.35. The van der Waals surface area contributed by atoms with Crippen molar-refractivity contribution in [1.82, 2.24) is 28.9 Å². The number of amides is 1. The number of piperazine rings is 1. The first-order chi connectivity index (χ1) is 11.2. The van der Waals surface area contributed by atoms with Gasteiger partial charge in [-0.3, -0.25) is 9.78 Å². The summed E-state index contributed by atoms with van der Waals surface area (Å²) in [6.07, 6.45) is 4.99. The Bertz CT molecular complexity index is 850. The van der Waals surface area contributed by atoms with Gasteiger partial charge in [0.2, 0.25) is 0 Å². The fraction of sp³-hybridized carbons (Fsp3) is 0.357. The van der Waals surface area contributed by atoms with E-state index in [0.717, 1.165) is 30.2 Å². The van der Waals surface area contributed by atoms with Gasteiger partial charge in [-0.05, 0) is 18.5 Å². The Kier molecular flexibility index (Phi) is 3.41. The van der Waals surface area contributed by atoms with Crippen LogP contribution in [0.3, 0.4) is 0 Å². The van der Waals surface area contributed by atoms with Gasteiger partial charge in [-0.1, -0.05) is 0 Å². The van der Waals surface area contributed by atoms with Gasteiger partial charge in [0.1, 0.15) is 6.33 Å². The summed E-state index contributed by atoms with van der Waals surface area (Å²) in [6, 6.07) is 0. The molecule has 0 radical (unpaired) electrons. The van der Waals surface area contributed by atoms with Gasteiger partial charge in [-0.15, -0.1) is 0 Å². The zero-order chi connectivity index (χ0) is 15.8. The molecule has 0 saturated carbocycles. The minimum atomic E-state index is 0.0630. The first kappa shape index (κ1) is 14.1. The van der Waals surface area contributed by atoms with Gasteiger partial charge in [0, 0.05) is 31.6 Å². The average molecular weight is 329 g/mol. The van der Waals surface area contributed by atoms with Gasteiger partial charge >= 0.3 is 0 Å². The van der Waals surface area contributed by atoms with Crippen molar-refractivity contribution in [3.63, 3.8) is 0 Å². The molecule has 3 aromatic heterocycles. The van der Waals surface area contributed by atoms with Crippen LogP contribution in [0, 0.1) is 6.92 Å². The van der Waals surface area contributed by atoms with E-state index in [1.54, 1.807) is 16.9 Å². The maximum atomic E-state index is 12.5. The number of aryl methyl sites for hydroxylation is 1. The van der Waals surface area contributed by atoms with Crippen molar-refractivity contribution < 1.29 is 4.79 Å². The van der Waals surface area contributed by atoms with Crippen molar-refractivity contribution in [2.24, 2.45) is 0 Å². The second kappa shape index (κ2) is 5.58. The van der Waals surface area contributed by atoms with E-state index in [4.69, 9.17) is 0 Å². The minimum Gasteiger partial charge on any atom is -0.352 e. The molecule has 3 aromatic rings. The van der Waals surface area contributed by atoms with Gasteiger partial charge in [-0.2, -0.15) is 14.0 Å². The van der Waals surface area contributed by atoms with Crippen LogP contribution in [0.5, 0.6) is 0 Å². The van der Waals surface area contributed by atoms with E-state index in [1.807, 2.05) is 17.2 Å². The monoisotopic (exact) mass is 329 g/mol. The first-order valence-electron chi connectivity index (χ1n) is 7.33. The van der Waals surface area contributed by atoms with Gasteiger partial charge in [0.05, 0.1) is 23.7 Å². The lowest BCUT2D eigenvalue weighted by atomic mass is 10.2. The summed E-state index contributed by atoms with van der Waals surface area (Å²) in [5.74, 6) is 0.966. The van der Waals surface area contributed by atoms with Crippen LogP contribution in [0.4, 0.5) is 5.82 Å². The molecule has 0 aliphatic carbocycles. The molecule has 0 N–H and O–H groups in total. The summed E-state index contributed by atoms with van der Waals surface area (Å²) in [7, 11) is 0. The Labute approximate surface area is 136 Å². The van der Waals surface area contributed by atoms with Crippen molar-refractivity contribution in [3.05, 3.63) is 35.4 Å². The maximum absolute atomic E-state index is 12.5. The van der Waals surface area contributed by atoms with Crippen LogP contribution in [0.15, 0.2) is 24.1 Å². The fourth-order valence-electron chi connectivity index (χ4n) is 2.76. The van der Waals surface area contributed by atoms with Gasteiger partial charge < -0.3 is 9.80 Å². The molecule has 1 saturated heterocycles. The number of anilines is 1. The fourth-order valence-corrected chi connectivity index (χ4v) is 3.45. The predicted molar refractivity (Wildman–Crippen MR) is 85.7 cm³/mol. The van der Waals surface area contributed by atoms with Gasteiger partial charge in [-0.25, -0.2) is 4.98 Å². The Morgan fingerprint density at radius 3 is 2.78 bits per heavy atom. The minimum absolute atomic E-state index is 0.0630. The summed E-state index contributed by atoms with van der Waals surface area (Å²) in [6.45, 7) is 4.68. The van der Waals surface area contributed by atoms with Crippen LogP contribution in [-0.2, 0) is 0 Å². The molecule has 4 heterocycles. The van der Waals surface area contributed by atoms with Gasteiger partial charge in [0.25, 0.3) is 5.91 Å². The van der Waals surface area contributed by atoms with Gasteiger partial charge in [0.15, 0.2) is 11.5 Å². The normalized spacial score (nSPS) is 15.3. The zero-order valence-corrected chi connectivity index (χ0v) is 13.4. The molecule has 1 aliphatic heterocycles. The second-order valence-corrected chi connectivity index (χ2v) is 6.02. The molecule has 4 rings (SSSR count). The van der Waals surface area contributed by atoms with Crippen LogP contribution in [0.25, 0.3) is 5.65 Å². The second-order valence-electron chi connectivity index (χ2n) is 5.39. The summed E-state index contributed by atoms with van der Waals surface area (Å²) in [5.41, 5.74) is 2.24. The molecule has 0 bridgehead atoms. The Morgan fingerprint density at radius 1 is 1.22 bits per heavy atom. The quantitative estimate of drug-likeness (QED) is 0.693. The molecule has 1 aliphatic rings. The van der Waals surface area contributed by atoms with E-state index in [0.29, 0.717) is 18.7 Å². The van der Waals surface area contributed by atoms with Crippen LogP contribution in [0.2, 0.25) is 0 Å². The molecule has 0 aromatic carbocycles.